The Morgan fingerprint density at radius 1 is 1.30 bits per heavy atom. The lowest BCUT2D eigenvalue weighted by molar-refractivity contribution is -0.176. The van der Waals surface area contributed by atoms with Gasteiger partial charge in [-0.05, 0) is 23.6 Å². The summed E-state index contributed by atoms with van der Waals surface area (Å²) in [6, 6.07) is 8.43. The van der Waals surface area contributed by atoms with Crippen molar-refractivity contribution in [3.8, 4) is 11.4 Å². The number of aliphatic hydroxyl groups is 2. The molecule has 1 aliphatic heterocycles. The van der Waals surface area contributed by atoms with Crippen LogP contribution in [0.3, 0.4) is 0 Å². The first kappa shape index (κ1) is 22.6. The number of thioether (sulfide) groups is 1. The normalized spacial score (nSPS) is 24.7. The lowest BCUT2D eigenvalue weighted by Gasteiger charge is -2.23. The van der Waals surface area contributed by atoms with Gasteiger partial charge in [0.15, 0.2) is 0 Å². The Morgan fingerprint density at radius 3 is 2.70 bits per heavy atom. The van der Waals surface area contributed by atoms with Crippen LogP contribution < -0.4 is 5.73 Å². The number of aromatic nitrogens is 4. The summed E-state index contributed by atoms with van der Waals surface area (Å²) in [4.78, 5) is 13.4. The molecule has 1 aliphatic rings. The molecule has 0 bridgehead atoms. The van der Waals surface area contributed by atoms with Crippen molar-refractivity contribution in [2.45, 2.75) is 43.4 Å². The number of ether oxygens (including phenoxy) is 1. The average molecular weight is 439 g/mol. The Kier molecular flexibility index (Phi) is 7.75. The molecule has 164 valence electrons. The SMILES string of the molecule is CSCC[C@H](N)C(=O)N(O)C[C@H]1O[C@@H](Cn2nnc(-c3ccccc3)n2)[C@H](O)[C@@H]1O. The first-order chi connectivity index (χ1) is 14.4. The second-order valence-corrected chi connectivity index (χ2v) is 8.02. The fraction of sp³-hybridized carbons (Fsp3) is 0.556. The Hall–Kier alpha value is -2.09. The van der Waals surface area contributed by atoms with Crippen LogP contribution in [0.25, 0.3) is 11.4 Å². The van der Waals surface area contributed by atoms with Crippen LogP contribution in [0.2, 0.25) is 0 Å². The third kappa shape index (κ3) is 5.33. The van der Waals surface area contributed by atoms with E-state index in [2.05, 4.69) is 15.4 Å². The molecule has 5 N–H and O–H groups in total. The fourth-order valence-corrected chi connectivity index (χ4v) is 3.62. The number of hydroxylamine groups is 2. The minimum Gasteiger partial charge on any atom is -0.388 e. The van der Waals surface area contributed by atoms with Crippen molar-refractivity contribution >= 4 is 17.7 Å². The highest BCUT2D eigenvalue weighted by molar-refractivity contribution is 7.98. The summed E-state index contributed by atoms with van der Waals surface area (Å²) >= 11 is 1.54. The highest BCUT2D eigenvalue weighted by Crippen LogP contribution is 2.23. The predicted octanol–water partition coefficient (Wildman–Crippen LogP) is -0.872. The summed E-state index contributed by atoms with van der Waals surface area (Å²) in [5, 5.41) is 43.3. The van der Waals surface area contributed by atoms with Gasteiger partial charge in [0.2, 0.25) is 5.82 Å². The molecule has 5 atom stereocenters. The van der Waals surface area contributed by atoms with Gasteiger partial charge in [-0.3, -0.25) is 10.0 Å². The van der Waals surface area contributed by atoms with Gasteiger partial charge in [0.25, 0.3) is 5.91 Å². The first-order valence-corrected chi connectivity index (χ1v) is 10.9. The number of carbonyl (C=O) groups excluding carboxylic acids is 1. The minimum absolute atomic E-state index is 0.0428. The number of hydrogen-bond acceptors (Lipinski definition) is 10. The van der Waals surface area contributed by atoms with E-state index in [0.29, 0.717) is 23.1 Å². The van der Waals surface area contributed by atoms with E-state index in [1.165, 1.54) is 4.80 Å². The molecule has 2 heterocycles. The Bertz CT molecular complexity index is 824. The molecule has 1 aromatic carbocycles. The summed E-state index contributed by atoms with van der Waals surface area (Å²) in [7, 11) is 0. The monoisotopic (exact) mass is 438 g/mol. The largest absolute Gasteiger partial charge is 0.388 e. The van der Waals surface area contributed by atoms with Crippen molar-refractivity contribution in [1.29, 1.82) is 0 Å². The summed E-state index contributed by atoms with van der Waals surface area (Å²) in [6.07, 6.45) is -2.05. The summed E-state index contributed by atoms with van der Waals surface area (Å²) < 4.78 is 5.66. The van der Waals surface area contributed by atoms with Crippen molar-refractivity contribution in [2.24, 2.45) is 5.73 Å². The van der Waals surface area contributed by atoms with Crippen molar-refractivity contribution < 1.29 is 25.0 Å². The van der Waals surface area contributed by atoms with Gasteiger partial charge in [0.05, 0.1) is 19.1 Å². The van der Waals surface area contributed by atoms with E-state index in [-0.39, 0.29) is 13.1 Å². The number of rotatable bonds is 9. The molecule has 0 spiro atoms. The number of hydrogen-bond donors (Lipinski definition) is 4. The lowest BCUT2D eigenvalue weighted by Crippen LogP contribution is -2.47. The van der Waals surface area contributed by atoms with Gasteiger partial charge >= 0.3 is 0 Å². The van der Waals surface area contributed by atoms with Crippen LogP contribution in [-0.4, -0.2) is 95.6 Å². The fourth-order valence-electron chi connectivity index (χ4n) is 3.13. The predicted molar refractivity (Wildman–Crippen MR) is 108 cm³/mol. The molecule has 1 amide bonds. The van der Waals surface area contributed by atoms with Crippen LogP contribution in [0.5, 0.6) is 0 Å². The molecule has 2 aromatic rings. The number of aliphatic hydroxyl groups excluding tert-OH is 2. The topological polar surface area (TPSA) is 160 Å². The van der Waals surface area contributed by atoms with Crippen molar-refractivity contribution in [2.75, 3.05) is 18.6 Å². The maximum atomic E-state index is 12.1. The molecular weight excluding hydrogens is 412 g/mol. The number of nitrogens with zero attached hydrogens (tertiary/aromatic N) is 5. The van der Waals surface area contributed by atoms with Gasteiger partial charge in [0, 0.05) is 5.56 Å². The molecule has 11 nitrogen and oxygen atoms in total. The van der Waals surface area contributed by atoms with E-state index in [1.54, 1.807) is 11.8 Å². The Morgan fingerprint density at radius 2 is 2.00 bits per heavy atom. The molecule has 1 fully saturated rings. The Balaban J connectivity index is 1.57. The molecule has 0 unspecified atom stereocenters. The maximum Gasteiger partial charge on any atom is 0.262 e. The van der Waals surface area contributed by atoms with Crippen molar-refractivity contribution in [3.05, 3.63) is 30.3 Å². The molecule has 0 saturated carbocycles. The third-order valence-electron chi connectivity index (χ3n) is 4.85. The van der Waals surface area contributed by atoms with Crippen LogP contribution >= 0.6 is 11.8 Å². The van der Waals surface area contributed by atoms with Crippen LogP contribution in [0.1, 0.15) is 6.42 Å². The zero-order chi connectivity index (χ0) is 21.7. The van der Waals surface area contributed by atoms with Gasteiger partial charge in [-0.25, -0.2) is 5.06 Å². The minimum atomic E-state index is -1.29. The summed E-state index contributed by atoms with van der Waals surface area (Å²) in [5.74, 6) is 0.440. The molecule has 0 aliphatic carbocycles. The third-order valence-corrected chi connectivity index (χ3v) is 5.49. The van der Waals surface area contributed by atoms with E-state index >= 15 is 0 Å². The number of nitrogens with two attached hydrogens (primary N) is 1. The van der Waals surface area contributed by atoms with E-state index in [4.69, 9.17) is 10.5 Å². The number of tetrazole rings is 1. The number of amides is 1. The average Bonchev–Trinajstić information content (AvgIpc) is 3.33. The standard InChI is InChI=1S/C18H26N6O5S/c1-30-8-7-12(19)18(27)23(28)9-13-15(25)16(26)14(29-13)10-24-21-17(20-22-24)11-5-3-2-4-6-11/h2-6,12-16,25-26,28H,7-10,19H2,1H3/t12-,13+,14-,15+,16-/m0/s1. The van der Waals surface area contributed by atoms with E-state index in [1.807, 2.05) is 36.6 Å². The highest BCUT2D eigenvalue weighted by Gasteiger charge is 2.44. The van der Waals surface area contributed by atoms with Crippen molar-refractivity contribution in [1.82, 2.24) is 25.3 Å². The van der Waals surface area contributed by atoms with E-state index in [9.17, 15) is 20.2 Å². The molecule has 1 saturated heterocycles. The smallest absolute Gasteiger partial charge is 0.262 e. The van der Waals surface area contributed by atoms with Gasteiger partial charge in [-0.15, -0.1) is 10.2 Å². The second kappa shape index (κ2) is 10.3. The van der Waals surface area contributed by atoms with E-state index in [0.717, 1.165) is 5.56 Å². The van der Waals surface area contributed by atoms with Crippen molar-refractivity contribution in [3.63, 3.8) is 0 Å². The molecule has 0 radical (unpaired) electrons. The van der Waals surface area contributed by atoms with Crippen LogP contribution in [0, 0.1) is 0 Å². The lowest BCUT2D eigenvalue weighted by atomic mass is 10.1. The summed E-state index contributed by atoms with van der Waals surface area (Å²) in [5.41, 5.74) is 6.57. The molecule has 3 rings (SSSR count). The zero-order valence-electron chi connectivity index (χ0n) is 16.5. The van der Waals surface area contributed by atoms with Crippen LogP contribution in [-0.2, 0) is 16.1 Å². The molecule has 1 aromatic heterocycles. The van der Waals surface area contributed by atoms with Gasteiger partial charge in [-0.1, -0.05) is 30.3 Å². The number of benzene rings is 1. The molecule has 12 heteroatoms. The quantitative estimate of drug-likeness (QED) is 0.286. The van der Waals surface area contributed by atoms with Gasteiger partial charge < -0.3 is 20.7 Å². The first-order valence-electron chi connectivity index (χ1n) is 9.50. The molecule has 30 heavy (non-hydrogen) atoms. The van der Waals surface area contributed by atoms with Crippen LogP contribution in [0.4, 0.5) is 0 Å². The van der Waals surface area contributed by atoms with Gasteiger partial charge in [-0.2, -0.15) is 16.6 Å². The second-order valence-electron chi connectivity index (χ2n) is 7.04. The van der Waals surface area contributed by atoms with Gasteiger partial charge in [0.1, 0.15) is 24.4 Å². The maximum absolute atomic E-state index is 12.1. The molecular formula is C18H26N6O5S. The van der Waals surface area contributed by atoms with E-state index < -0.39 is 36.4 Å². The number of carbonyl (C=O) groups is 1. The summed E-state index contributed by atoms with van der Waals surface area (Å²) in [6.45, 7) is -0.276. The Labute approximate surface area is 177 Å². The zero-order valence-corrected chi connectivity index (χ0v) is 17.3. The highest BCUT2D eigenvalue weighted by atomic mass is 32.2. The van der Waals surface area contributed by atoms with Crippen LogP contribution in [0.15, 0.2) is 30.3 Å².